The lowest BCUT2D eigenvalue weighted by atomic mass is 9.86. The van der Waals surface area contributed by atoms with Gasteiger partial charge in [0.1, 0.15) is 5.82 Å². The molecule has 0 atom stereocenters. The molecule has 4 rings (SSSR count). The van der Waals surface area contributed by atoms with Gasteiger partial charge in [-0.2, -0.15) is 5.10 Å². The third-order valence-electron chi connectivity index (χ3n) is 4.47. The first kappa shape index (κ1) is 16.4. The van der Waals surface area contributed by atoms with Crippen molar-refractivity contribution in [2.75, 3.05) is 5.32 Å². The van der Waals surface area contributed by atoms with Crippen LogP contribution in [0.2, 0.25) is 0 Å². The number of fused-ring (bicyclic) bond motifs is 3. The molecule has 1 aliphatic carbocycles. The van der Waals surface area contributed by atoms with E-state index < -0.39 is 18.3 Å². The minimum absolute atomic E-state index is 0.0000146. The molecule has 26 heavy (non-hydrogen) atoms. The van der Waals surface area contributed by atoms with Gasteiger partial charge in [0.2, 0.25) is 0 Å². The van der Waals surface area contributed by atoms with Crippen molar-refractivity contribution in [2.45, 2.75) is 19.3 Å². The predicted octanol–water partition coefficient (Wildman–Crippen LogP) is 3.69. The number of nitrogens with zero attached hydrogens (tertiary/aromatic N) is 3. The lowest BCUT2D eigenvalue weighted by Gasteiger charge is -2.25. The smallest absolute Gasteiger partial charge is 0.278 e. The second kappa shape index (κ2) is 5.72. The highest BCUT2D eigenvalue weighted by Gasteiger charge is 2.43. The molecule has 0 unspecified atom stereocenters. The van der Waals surface area contributed by atoms with Gasteiger partial charge in [-0.3, -0.25) is 9.48 Å². The molecular weight excluding hydrogens is 338 g/mol. The fourth-order valence-corrected chi connectivity index (χ4v) is 3.37. The Balaban J connectivity index is 1.79. The minimum atomic E-state index is -3.05. The van der Waals surface area contributed by atoms with E-state index in [0.717, 1.165) is 5.69 Å². The highest BCUT2D eigenvalue weighted by atomic mass is 19.3. The molecule has 0 radical (unpaired) electrons. The molecule has 2 heterocycles. The number of carbonyl (C=O) groups excluding carboxylic acids is 1. The maximum atomic E-state index is 14.6. The van der Waals surface area contributed by atoms with Crippen LogP contribution in [-0.4, -0.2) is 20.7 Å². The van der Waals surface area contributed by atoms with Crippen LogP contribution in [0.15, 0.2) is 42.5 Å². The van der Waals surface area contributed by atoms with Crippen LogP contribution >= 0.6 is 0 Å². The summed E-state index contributed by atoms with van der Waals surface area (Å²) >= 11 is 0. The quantitative estimate of drug-likeness (QED) is 0.763. The Bertz CT molecular complexity index is 1030. The number of amides is 1. The first-order valence-electron chi connectivity index (χ1n) is 8.15. The summed E-state index contributed by atoms with van der Waals surface area (Å²) in [6.45, 7) is 1.80. The number of alkyl halides is 2. The molecule has 2 aromatic heterocycles. The van der Waals surface area contributed by atoms with Gasteiger partial charge in [0.25, 0.3) is 11.8 Å². The first-order valence-corrected chi connectivity index (χ1v) is 8.15. The number of anilines is 1. The number of carbonyl (C=O) groups is 1. The van der Waals surface area contributed by atoms with Crippen molar-refractivity contribution in [3.63, 3.8) is 0 Å². The molecule has 0 fully saturated rings. The van der Waals surface area contributed by atoms with Crippen molar-refractivity contribution >= 4 is 11.7 Å². The summed E-state index contributed by atoms with van der Waals surface area (Å²) in [4.78, 5) is 16.9. The molecule has 1 amide bonds. The van der Waals surface area contributed by atoms with E-state index in [0.29, 0.717) is 17.1 Å². The number of aryl methyl sites for hydroxylation is 2. The zero-order chi connectivity index (χ0) is 18.5. The standard InChI is InChI=1S/C19H16F2N4O/c1-11-6-5-9-15(22-11)23-18(26)16-13-10-19(20,21)14-8-4-3-7-12(14)17(13)25(2)24-16/h3-9H,10H2,1-2H3,(H,22,23,26). The third-order valence-corrected chi connectivity index (χ3v) is 4.47. The van der Waals surface area contributed by atoms with Crippen LogP contribution in [0.1, 0.15) is 27.3 Å². The van der Waals surface area contributed by atoms with E-state index in [1.165, 1.54) is 10.7 Å². The van der Waals surface area contributed by atoms with Crippen LogP contribution in [0, 0.1) is 6.92 Å². The zero-order valence-corrected chi connectivity index (χ0v) is 14.3. The fraction of sp³-hybridized carbons (Fsp3) is 0.211. The molecule has 3 aromatic rings. The summed E-state index contributed by atoms with van der Waals surface area (Å²) in [6, 6.07) is 11.5. The maximum absolute atomic E-state index is 14.6. The Labute approximate surface area is 148 Å². The van der Waals surface area contributed by atoms with E-state index in [9.17, 15) is 13.6 Å². The van der Waals surface area contributed by atoms with E-state index in [1.807, 2.05) is 0 Å². The Morgan fingerprint density at radius 3 is 2.73 bits per heavy atom. The summed E-state index contributed by atoms with van der Waals surface area (Å²) in [5.74, 6) is -3.24. The number of aromatic nitrogens is 3. The number of rotatable bonds is 2. The van der Waals surface area contributed by atoms with Crippen molar-refractivity contribution in [3.05, 3.63) is 65.0 Å². The highest BCUT2D eigenvalue weighted by Crippen LogP contribution is 2.45. The number of hydrogen-bond acceptors (Lipinski definition) is 3. The highest BCUT2D eigenvalue weighted by molar-refractivity contribution is 6.04. The molecule has 0 saturated carbocycles. The molecule has 7 heteroatoms. The maximum Gasteiger partial charge on any atom is 0.278 e. The molecule has 1 aliphatic rings. The van der Waals surface area contributed by atoms with Crippen molar-refractivity contribution in [3.8, 4) is 11.3 Å². The molecule has 132 valence electrons. The lowest BCUT2D eigenvalue weighted by molar-refractivity contribution is -0.00497. The van der Waals surface area contributed by atoms with Crippen LogP contribution in [-0.2, 0) is 19.4 Å². The van der Waals surface area contributed by atoms with Gasteiger partial charge in [-0.25, -0.2) is 13.8 Å². The van der Waals surface area contributed by atoms with Crippen molar-refractivity contribution < 1.29 is 13.6 Å². The Hall–Kier alpha value is -3.09. The second-order valence-corrected chi connectivity index (χ2v) is 6.34. The fourth-order valence-electron chi connectivity index (χ4n) is 3.37. The number of hydrogen-bond donors (Lipinski definition) is 1. The van der Waals surface area contributed by atoms with Gasteiger partial charge in [-0.05, 0) is 19.1 Å². The van der Waals surface area contributed by atoms with Gasteiger partial charge in [-0.1, -0.05) is 30.3 Å². The SMILES string of the molecule is Cc1cccc(NC(=O)c2nn(C)c3c2CC(F)(F)c2ccccc2-3)n1. The van der Waals surface area contributed by atoms with Gasteiger partial charge >= 0.3 is 0 Å². The van der Waals surface area contributed by atoms with E-state index >= 15 is 0 Å². The van der Waals surface area contributed by atoms with E-state index in [-0.39, 0.29) is 16.8 Å². The summed E-state index contributed by atoms with van der Waals surface area (Å²) in [7, 11) is 1.65. The number of benzene rings is 1. The number of halogens is 2. The van der Waals surface area contributed by atoms with Crippen LogP contribution in [0.25, 0.3) is 11.3 Å². The third kappa shape index (κ3) is 2.56. The summed E-state index contributed by atoms with van der Waals surface area (Å²) in [5, 5.41) is 6.86. The average molecular weight is 354 g/mol. The Morgan fingerprint density at radius 1 is 1.19 bits per heavy atom. The largest absolute Gasteiger partial charge is 0.305 e. The predicted molar refractivity (Wildman–Crippen MR) is 93.2 cm³/mol. The molecule has 1 N–H and O–H groups in total. The van der Waals surface area contributed by atoms with Gasteiger partial charge in [-0.15, -0.1) is 0 Å². The average Bonchev–Trinajstić information content (AvgIpc) is 2.91. The monoisotopic (exact) mass is 354 g/mol. The van der Waals surface area contributed by atoms with Crippen molar-refractivity contribution in [1.29, 1.82) is 0 Å². The van der Waals surface area contributed by atoms with Gasteiger partial charge in [0.15, 0.2) is 5.69 Å². The van der Waals surface area contributed by atoms with Crippen LogP contribution in [0.3, 0.4) is 0 Å². The second-order valence-electron chi connectivity index (χ2n) is 6.34. The topological polar surface area (TPSA) is 59.8 Å². The molecular formula is C19H16F2N4O. The molecule has 5 nitrogen and oxygen atoms in total. The zero-order valence-electron chi connectivity index (χ0n) is 14.3. The lowest BCUT2D eigenvalue weighted by Crippen LogP contribution is -2.25. The number of nitrogens with one attached hydrogen (secondary N) is 1. The Kier molecular flexibility index (Phi) is 3.61. The molecule has 0 spiro atoms. The minimum Gasteiger partial charge on any atom is -0.305 e. The van der Waals surface area contributed by atoms with Gasteiger partial charge < -0.3 is 5.32 Å². The summed E-state index contributed by atoms with van der Waals surface area (Å²) in [5.41, 5.74) is 1.91. The summed E-state index contributed by atoms with van der Waals surface area (Å²) in [6.07, 6.45) is -0.558. The normalized spacial score (nSPS) is 14.5. The number of pyridine rings is 1. The first-order chi connectivity index (χ1) is 12.4. The van der Waals surface area contributed by atoms with E-state index in [1.54, 1.807) is 50.4 Å². The van der Waals surface area contributed by atoms with Gasteiger partial charge in [0.05, 0.1) is 5.69 Å². The summed E-state index contributed by atoms with van der Waals surface area (Å²) < 4.78 is 30.7. The van der Waals surface area contributed by atoms with E-state index in [2.05, 4.69) is 15.4 Å². The Morgan fingerprint density at radius 2 is 1.96 bits per heavy atom. The van der Waals surface area contributed by atoms with Crippen molar-refractivity contribution in [1.82, 2.24) is 14.8 Å². The van der Waals surface area contributed by atoms with Crippen LogP contribution in [0.5, 0.6) is 0 Å². The van der Waals surface area contributed by atoms with Crippen LogP contribution < -0.4 is 5.32 Å². The van der Waals surface area contributed by atoms with E-state index in [4.69, 9.17) is 0 Å². The van der Waals surface area contributed by atoms with Crippen LogP contribution in [0.4, 0.5) is 14.6 Å². The van der Waals surface area contributed by atoms with Gasteiger partial charge in [0, 0.05) is 35.9 Å². The van der Waals surface area contributed by atoms with Crippen molar-refractivity contribution in [2.24, 2.45) is 7.05 Å². The molecule has 0 aliphatic heterocycles. The molecule has 0 bridgehead atoms. The molecule has 0 saturated heterocycles. The molecule has 1 aromatic carbocycles.